The molecular weight excluding hydrogens is 559 g/mol. The monoisotopic (exact) mass is 588 g/mol. The Labute approximate surface area is 240 Å². The fourth-order valence-electron chi connectivity index (χ4n) is 4.04. The number of hydrogen-bond acceptors (Lipinski definition) is 11. The van der Waals surface area contributed by atoms with Crippen molar-refractivity contribution in [3.8, 4) is 0 Å². The molecule has 3 aromatic rings. The van der Waals surface area contributed by atoms with Gasteiger partial charge in [-0.25, -0.2) is 9.07 Å². The van der Waals surface area contributed by atoms with Crippen LogP contribution in [0, 0.1) is 5.82 Å². The molecule has 0 unspecified atom stereocenters. The second kappa shape index (κ2) is 15.4. The summed E-state index contributed by atoms with van der Waals surface area (Å²) in [6, 6.07) is 6.43. The van der Waals surface area contributed by atoms with E-state index in [1.54, 1.807) is 35.4 Å². The van der Waals surface area contributed by atoms with E-state index < -0.39 is 24.2 Å². The zero-order valence-electron chi connectivity index (χ0n) is 22.1. The molecule has 1 aromatic carbocycles. The number of ketones is 1. The molecule has 3 heterocycles. The molecular formula is C27H30ClFN6O6. The molecule has 0 spiro atoms. The van der Waals surface area contributed by atoms with Gasteiger partial charge >= 0.3 is 0 Å². The highest BCUT2D eigenvalue weighted by molar-refractivity contribution is 6.31. The Bertz CT molecular complexity index is 1370. The fraction of sp³-hybridized carbons (Fsp3) is 0.370. The summed E-state index contributed by atoms with van der Waals surface area (Å²) in [4.78, 5) is 21.7. The molecule has 0 saturated carbocycles. The van der Waals surface area contributed by atoms with E-state index in [9.17, 15) is 14.3 Å². The van der Waals surface area contributed by atoms with Crippen LogP contribution in [-0.2, 0) is 32.2 Å². The number of aromatic nitrogens is 4. The maximum absolute atomic E-state index is 13.8. The molecule has 1 aliphatic heterocycles. The smallest absolute Gasteiger partial charge is 0.188 e. The highest BCUT2D eigenvalue weighted by atomic mass is 35.5. The van der Waals surface area contributed by atoms with E-state index in [-0.39, 0.29) is 37.0 Å². The summed E-state index contributed by atoms with van der Waals surface area (Å²) < 4.78 is 31.9. The minimum atomic E-state index is -0.916. The molecule has 4 rings (SSSR count). The van der Waals surface area contributed by atoms with Crippen LogP contribution in [0.5, 0.6) is 0 Å². The van der Waals surface area contributed by atoms with Gasteiger partial charge in [0.05, 0.1) is 64.7 Å². The lowest BCUT2D eigenvalue weighted by Crippen LogP contribution is -2.36. The highest BCUT2D eigenvalue weighted by Gasteiger charge is 2.32. The van der Waals surface area contributed by atoms with Gasteiger partial charge in [-0.15, -0.1) is 5.10 Å². The van der Waals surface area contributed by atoms with Gasteiger partial charge in [0.25, 0.3) is 0 Å². The zero-order chi connectivity index (χ0) is 29.0. The summed E-state index contributed by atoms with van der Waals surface area (Å²) in [5, 5.41) is 29.9. The molecule has 3 N–H and O–H groups in total. The Hall–Kier alpha value is -3.59. The number of halogens is 2. The van der Waals surface area contributed by atoms with Gasteiger partial charge in [-0.05, 0) is 24.3 Å². The molecule has 0 bridgehead atoms. The van der Waals surface area contributed by atoms with E-state index in [0.29, 0.717) is 54.7 Å². The predicted molar refractivity (Wildman–Crippen MR) is 146 cm³/mol. The number of rotatable bonds is 16. The first kappa shape index (κ1) is 30.4. The molecule has 1 aliphatic rings. The largest absolute Gasteiger partial charge is 0.394 e. The number of aliphatic imine (C=N–C) groups is 1. The molecule has 41 heavy (non-hydrogen) atoms. The van der Waals surface area contributed by atoms with Crippen molar-refractivity contribution in [2.75, 3.05) is 46.2 Å². The van der Waals surface area contributed by atoms with Crippen LogP contribution in [0.1, 0.15) is 22.9 Å². The highest BCUT2D eigenvalue weighted by Crippen LogP contribution is 2.36. The summed E-state index contributed by atoms with van der Waals surface area (Å²) >= 11 is 6.37. The fourth-order valence-corrected chi connectivity index (χ4v) is 4.31. The van der Waals surface area contributed by atoms with Crippen molar-refractivity contribution in [2.45, 2.75) is 19.2 Å². The van der Waals surface area contributed by atoms with Crippen LogP contribution in [0.15, 0.2) is 65.2 Å². The Morgan fingerprint density at radius 3 is 2.56 bits per heavy atom. The number of aliphatic hydroxyl groups excluding tert-OH is 2. The van der Waals surface area contributed by atoms with Crippen LogP contribution < -0.4 is 5.32 Å². The SMILES string of the molecule is O=C(CO)C1=C(COCc2cn(CCOCCOCCO)nn2)NC(c2ccncc2)=N[C@@H]1c1ccc(F)cc1Cl. The van der Waals surface area contributed by atoms with E-state index in [0.717, 1.165) is 6.07 Å². The van der Waals surface area contributed by atoms with Crippen molar-refractivity contribution < 1.29 is 33.6 Å². The van der Waals surface area contributed by atoms with Crippen LogP contribution in [0.4, 0.5) is 4.39 Å². The van der Waals surface area contributed by atoms with Crippen molar-refractivity contribution >= 4 is 23.2 Å². The molecule has 0 fully saturated rings. The predicted octanol–water partition coefficient (Wildman–Crippen LogP) is 1.61. The van der Waals surface area contributed by atoms with Crippen molar-refractivity contribution in [1.82, 2.24) is 25.3 Å². The average Bonchev–Trinajstić information content (AvgIpc) is 3.44. The molecule has 2 aromatic heterocycles. The number of Topliss-reactive ketones (excluding diaryl/α,β-unsaturated/α-hetero) is 1. The number of aliphatic hydroxyl groups is 2. The Kier molecular flexibility index (Phi) is 11.4. The van der Waals surface area contributed by atoms with E-state index >= 15 is 0 Å². The third-order valence-corrected chi connectivity index (χ3v) is 6.26. The van der Waals surface area contributed by atoms with E-state index in [1.165, 1.54) is 12.1 Å². The van der Waals surface area contributed by atoms with Gasteiger partial charge in [-0.1, -0.05) is 22.9 Å². The minimum absolute atomic E-state index is 0.0289. The van der Waals surface area contributed by atoms with Crippen LogP contribution >= 0.6 is 11.6 Å². The quantitative estimate of drug-likeness (QED) is 0.210. The van der Waals surface area contributed by atoms with Crippen LogP contribution in [0.25, 0.3) is 0 Å². The first-order chi connectivity index (χ1) is 20.0. The van der Waals surface area contributed by atoms with Gasteiger partial charge in [0.1, 0.15) is 30.0 Å². The molecule has 14 heteroatoms. The lowest BCUT2D eigenvalue weighted by molar-refractivity contribution is -0.118. The average molecular weight is 589 g/mol. The number of nitrogens with zero attached hydrogens (tertiary/aromatic N) is 5. The Balaban J connectivity index is 1.47. The van der Waals surface area contributed by atoms with Crippen LogP contribution in [0.3, 0.4) is 0 Å². The maximum atomic E-state index is 13.8. The lowest BCUT2D eigenvalue weighted by atomic mass is 9.92. The summed E-state index contributed by atoms with van der Waals surface area (Å²) in [5.74, 6) is -0.675. The second-order valence-electron chi connectivity index (χ2n) is 8.79. The number of pyridine rings is 1. The van der Waals surface area contributed by atoms with Crippen LogP contribution in [-0.4, -0.2) is 88.1 Å². The standard InChI is InChI=1S/C27H30ClFN6O6/c28-22-13-19(29)1-2-21(22)26-25(24(38)15-37)23(31-27(32-26)18-3-5-30-6-4-18)17-41-16-20-14-35(34-33-20)7-9-39-11-12-40-10-8-36/h1-6,13-14,26,36-37H,7-12,15-17H2,(H,31,32)/t26-/m1/s1. The van der Waals surface area contributed by atoms with Crippen molar-refractivity contribution in [1.29, 1.82) is 0 Å². The van der Waals surface area contributed by atoms with Gasteiger partial charge in [-0.2, -0.15) is 0 Å². The molecule has 218 valence electrons. The van der Waals surface area contributed by atoms with E-state index in [4.69, 9.17) is 35.9 Å². The first-order valence-corrected chi connectivity index (χ1v) is 13.2. The third kappa shape index (κ3) is 8.45. The molecule has 12 nitrogen and oxygen atoms in total. The molecule has 1 atom stereocenters. The molecule has 0 amide bonds. The van der Waals surface area contributed by atoms with Gasteiger partial charge in [-0.3, -0.25) is 14.8 Å². The van der Waals surface area contributed by atoms with Crippen molar-refractivity contribution in [3.05, 3.63) is 87.9 Å². The Morgan fingerprint density at radius 2 is 1.83 bits per heavy atom. The van der Waals surface area contributed by atoms with Crippen LogP contribution in [0.2, 0.25) is 5.02 Å². The van der Waals surface area contributed by atoms with Gasteiger partial charge in [0.2, 0.25) is 0 Å². The number of benzene rings is 1. The molecule has 0 radical (unpaired) electrons. The Morgan fingerprint density at radius 1 is 1.05 bits per heavy atom. The zero-order valence-corrected chi connectivity index (χ0v) is 22.8. The number of carbonyl (C=O) groups excluding carboxylic acids is 1. The van der Waals surface area contributed by atoms with Gasteiger partial charge in [0, 0.05) is 34.1 Å². The van der Waals surface area contributed by atoms with Crippen molar-refractivity contribution in [3.63, 3.8) is 0 Å². The summed E-state index contributed by atoms with van der Waals surface area (Å²) in [6.45, 7) is 1.19. The number of hydrogen-bond donors (Lipinski definition) is 3. The number of amidine groups is 1. The molecule has 0 saturated heterocycles. The second-order valence-corrected chi connectivity index (χ2v) is 9.20. The van der Waals surface area contributed by atoms with Gasteiger partial charge < -0.3 is 29.7 Å². The lowest BCUT2D eigenvalue weighted by Gasteiger charge is -2.28. The minimum Gasteiger partial charge on any atom is -0.394 e. The maximum Gasteiger partial charge on any atom is 0.188 e. The van der Waals surface area contributed by atoms with Gasteiger partial charge in [0.15, 0.2) is 5.78 Å². The topological polar surface area (TPSA) is 153 Å². The van der Waals surface area contributed by atoms with Crippen molar-refractivity contribution in [2.24, 2.45) is 4.99 Å². The molecule has 0 aliphatic carbocycles. The first-order valence-electron chi connectivity index (χ1n) is 12.8. The summed E-state index contributed by atoms with van der Waals surface area (Å²) in [6.07, 6.45) is 4.93. The van der Waals surface area contributed by atoms with E-state index in [2.05, 4.69) is 20.6 Å². The summed E-state index contributed by atoms with van der Waals surface area (Å²) in [7, 11) is 0. The summed E-state index contributed by atoms with van der Waals surface area (Å²) in [5.41, 5.74) is 2.19. The number of ether oxygens (including phenoxy) is 3. The third-order valence-electron chi connectivity index (χ3n) is 5.94. The number of nitrogens with one attached hydrogen (secondary N) is 1. The van der Waals surface area contributed by atoms with E-state index in [1.807, 2.05) is 0 Å². The number of carbonyl (C=O) groups is 1. The normalized spacial score (nSPS) is 15.1.